The maximum atomic E-state index is 12.4. The maximum Gasteiger partial charge on any atom is 0.232 e. The quantitative estimate of drug-likeness (QED) is 0.593. The van der Waals surface area contributed by atoms with E-state index in [-0.39, 0.29) is 35.7 Å². The highest BCUT2D eigenvalue weighted by molar-refractivity contribution is 5.92. The molecule has 4 heteroatoms. The van der Waals surface area contributed by atoms with Crippen molar-refractivity contribution in [3.05, 3.63) is 23.3 Å². The predicted octanol–water partition coefficient (Wildman–Crippen LogP) is 0.806. The number of carbonyl (C=O) groups excluding carboxylic acids is 2. The van der Waals surface area contributed by atoms with E-state index in [0.717, 1.165) is 11.1 Å². The van der Waals surface area contributed by atoms with Crippen molar-refractivity contribution in [2.75, 3.05) is 14.1 Å². The third-order valence-electron chi connectivity index (χ3n) is 4.60. The molecular formula is C14H18N2O2. The summed E-state index contributed by atoms with van der Waals surface area (Å²) in [7, 11) is 3.63. The average Bonchev–Trinajstić information content (AvgIpc) is 2.30. The van der Waals surface area contributed by atoms with Crippen LogP contribution in [-0.2, 0) is 9.59 Å². The fourth-order valence-electron chi connectivity index (χ4n) is 3.76. The van der Waals surface area contributed by atoms with Crippen molar-refractivity contribution in [3.8, 4) is 0 Å². The smallest absolute Gasteiger partial charge is 0.232 e. The van der Waals surface area contributed by atoms with Gasteiger partial charge in [-0.15, -0.1) is 0 Å². The van der Waals surface area contributed by atoms with Gasteiger partial charge in [-0.25, -0.2) is 0 Å². The Morgan fingerprint density at radius 1 is 0.833 bits per heavy atom. The summed E-state index contributed by atoms with van der Waals surface area (Å²) < 4.78 is 0. The van der Waals surface area contributed by atoms with E-state index >= 15 is 0 Å². The number of carbonyl (C=O) groups is 2. The summed E-state index contributed by atoms with van der Waals surface area (Å²) in [6.45, 7) is 4.05. The molecule has 6 rings (SSSR count). The van der Waals surface area contributed by atoms with Gasteiger partial charge in [-0.1, -0.05) is 23.3 Å². The van der Waals surface area contributed by atoms with Crippen LogP contribution in [0.4, 0.5) is 0 Å². The summed E-state index contributed by atoms with van der Waals surface area (Å²) in [4.78, 5) is 28.3. The highest BCUT2D eigenvalue weighted by Gasteiger charge is 2.50. The first-order chi connectivity index (χ1) is 8.43. The van der Waals surface area contributed by atoms with Crippen LogP contribution >= 0.6 is 0 Å². The maximum absolute atomic E-state index is 12.4. The Morgan fingerprint density at radius 3 is 1.50 bits per heavy atom. The number of likely N-dealkylation sites (N-methyl/N-ethyl adjacent to an activating group) is 2. The minimum absolute atomic E-state index is 0.111. The SMILES string of the molecule is CC1=C[C@H]2C(=O)N(C)[C@H]1[C@@H]1C=C(C)[C@H]2N(C)C1=O. The van der Waals surface area contributed by atoms with Gasteiger partial charge in [0.05, 0.1) is 23.9 Å². The van der Waals surface area contributed by atoms with E-state index in [2.05, 4.69) is 12.2 Å². The molecule has 0 aromatic carbocycles. The molecule has 1 fully saturated rings. The normalized spacial score (nSPS) is 38.7. The van der Waals surface area contributed by atoms with Gasteiger partial charge >= 0.3 is 0 Å². The lowest BCUT2D eigenvalue weighted by Gasteiger charge is -2.50. The highest BCUT2D eigenvalue weighted by Crippen LogP contribution is 2.40. The molecule has 96 valence electrons. The van der Waals surface area contributed by atoms with Crippen molar-refractivity contribution in [3.63, 3.8) is 0 Å². The minimum atomic E-state index is -0.224. The van der Waals surface area contributed by atoms with Gasteiger partial charge in [-0.2, -0.15) is 0 Å². The lowest BCUT2D eigenvalue weighted by Crippen LogP contribution is -2.63. The Kier molecular flexibility index (Phi) is 2.22. The summed E-state index contributed by atoms with van der Waals surface area (Å²) in [5.41, 5.74) is 2.28. The van der Waals surface area contributed by atoms with Gasteiger partial charge in [0.25, 0.3) is 0 Å². The van der Waals surface area contributed by atoms with E-state index in [9.17, 15) is 9.59 Å². The molecule has 4 nitrogen and oxygen atoms in total. The number of hydrogen-bond donors (Lipinski definition) is 0. The summed E-state index contributed by atoms with van der Waals surface area (Å²) in [5.74, 6) is -0.185. The molecule has 0 aromatic heterocycles. The van der Waals surface area contributed by atoms with E-state index in [4.69, 9.17) is 0 Å². The van der Waals surface area contributed by atoms with E-state index in [0.29, 0.717) is 0 Å². The van der Waals surface area contributed by atoms with Crippen LogP contribution < -0.4 is 0 Å². The molecule has 0 unspecified atom stereocenters. The lowest BCUT2D eigenvalue weighted by molar-refractivity contribution is -0.149. The summed E-state index contributed by atoms with van der Waals surface area (Å²) >= 11 is 0. The van der Waals surface area contributed by atoms with Gasteiger partial charge in [0.2, 0.25) is 11.8 Å². The van der Waals surface area contributed by atoms with Crippen molar-refractivity contribution >= 4 is 11.8 Å². The fraction of sp³-hybridized carbons (Fsp3) is 0.571. The fourth-order valence-corrected chi connectivity index (χ4v) is 3.76. The van der Waals surface area contributed by atoms with Crippen LogP contribution in [0.5, 0.6) is 0 Å². The zero-order chi connectivity index (χ0) is 13.2. The molecule has 1 aliphatic carbocycles. The molecule has 5 aliphatic heterocycles. The van der Waals surface area contributed by atoms with Gasteiger partial charge in [0, 0.05) is 14.1 Å². The number of rotatable bonds is 0. The second-order valence-corrected chi connectivity index (χ2v) is 5.66. The van der Waals surface area contributed by atoms with E-state index in [1.54, 1.807) is 9.80 Å². The molecule has 4 bridgehead atoms. The van der Waals surface area contributed by atoms with E-state index in [1.807, 2.05) is 27.9 Å². The zero-order valence-electron chi connectivity index (χ0n) is 11.2. The Morgan fingerprint density at radius 2 is 1.17 bits per heavy atom. The number of hydrogen-bond acceptors (Lipinski definition) is 2. The second kappa shape index (κ2) is 3.46. The Balaban J connectivity index is 2.25. The van der Waals surface area contributed by atoms with Gasteiger partial charge < -0.3 is 9.80 Å². The molecule has 0 aromatic rings. The summed E-state index contributed by atoms with van der Waals surface area (Å²) in [5, 5.41) is 0. The van der Waals surface area contributed by atoms with Crippen LogP contribution in [0.3, 0.4) is 0 Å². The van der Waals surface area contributed by atoms with Gasteiger partial charge in [0.15, 0.2) is 0 Å². The first-order valence-corrected chi connectivity index (χ1v) is 6.33. The lowest BCUT2D eigenvalue weighted by atomic mass is 9.73. The van der Waals surface area contributed by atoms with Crippen molar-refractivity contribution < 1.29 is 9.59 Å². The molecule has 0 radical (unpaired) electrons. The van der Waals surface area contributed by atoms with Crippen LogP contribution in [0, 0.1) is 11.8 Å². The van der Waals surface area contributed by atoms with E-state index in [1.165, 1.54) is 0 Å². The van der Waals surface area contributed by atoms with Crippen molar-refractivity contribution in [1.29, 1.82) is 0 Å². The summed E-state index contributed by atoms with van der Waals surface area (Å²) in [6, 6.07) is -0.222. The van der Waals surface area contributed by atoms with Gasteiger partial charge in [0.1, 0.15) is 0 Å². The molecule has 5 heterocycles. The largest absolute Gasteiger partial charge is 0.337 e. The van der Waals surface area contributed by atoms with Crippen LogP contribution in [-0.4, -0.2) is 47.8 Å². The summed E-state index contributed by atoms with van der Waals surface area (Å²) in [6.07, 6.45) is 4.12. The topological polar surface area (TPSA) is 40.6 Å². The van der Waals surface area contributed by atoms with Crippen molar-refractivity contribution in [2.45, 2.75) is 25.9 Å². The number of nitrogens with zero attached hydrogens (tertiary/aromatic N) is 2. The molecule has 0 N–H and O–H groups in total. The Hall–Kier alpha value is -1.58. The highest BCUT2D eigenvalue weighted by atomic mass is 16.2. The van der Waals surface area contributed by atoms with Gasteiger partial charge in [-0.05, 0) is 13.8 Å². The van der Waals surface area contributed by atoms with Crippen LogP contribution in [0.25, 0.3) is 0 Å². The molecule has 4 atom stereocenters. The Labute approximate surface area is 107 Å². The number of amides is 2. The van der Waals surface area contributed by atoms with Crippen LogP contribution in [0.15, 0.2) is 23.3 Å². The first kappa shape index (κ1) is 11.5. The molecule has 18 heavy (non-hydrogen) atoms. The van der Waals surface area contributed by atoms with Crippen molar-refractivity contribution in [1.82, 2.24) is 9.80 Å². The third kappa shape index (κ3) is 1.21. The van der Waals surface area contributed by atoms with Crippen LogP contribution in [0.2, 0.25) is 0 Å². The van der Waals surface area contributed by atoms with Crippen LogP contribution in [0.1, 0.15) is 13.8 Å². The molecule has 0 spiro atoms. The van der Waals surface area contributed by atoms with Gasteiger partial charge in [-0.3, -0.25) is 9.59 Å². The molecule has 1 saturated heterocycles. The molecule has 2 amide bonds. The minimum Gasteiger partial charge on any atom is -0.337 e. The standard InChI is InChI=1S/C14H18N2O2/c1-7-5-9-12-8(2)6-10(14(18)16(12)4)11(7)15(3)13(9)17/h5-6,9-12H,1-4H3/t9-,10+,11-,12-/m1/s1. The predicted molar refractivity (Wildman–Crippen MR) is 67.6 cm³/mol. The first-order valence-electron chi connectivity index (χ1n) is 6.33. The molecular weight excluding hydrogens is 228 g/mol. The van der Waals surface area contributed by atoms with E-state index < -0.39 is 0 Å². The van der Waals surface area contributed by atoms with Crippen molar-refractivity contribution in [2.24, 2.45) is 11.8 Å². The third-order valence-corrected chi connectivity index (χ3v) is 4.60. The molecule has 6 aliphatic rings. The average molecular weight is 246 g/mol. The second-order valence-electron chi connectivity index (χ2n) is 5.66. The Bertz CT molecular complexity index is 460. The molecule has 0 saturated carbocycles. The zero-order valence-corrected chi connectivity index (χ0v) is 11.2. The monoisotopic (exact) mass is 246 g/mol.